The van der Waals surface area contributed by atoms with Gasteiger partial charge in [0.05, 0.1) is 11.6 Å². The van der Waals surface area contributed by atoms with Gasteiger partial charge in [0.15, 0.2) is 0 Å². The minimum atomic E-state index is -0.115. The summed E-state index contributed by atoms with van der Waals surface area (Å²) in [5, 5.41) is 14.7. The summed E-state index contributed by atoms with van der Waals surface area (Å²) in [5.41, 5.74) is 1.50. The van der Waals surface area contributed by atoms with Crippen LogP contribution in [0.3, 0.4) is 0 Å². The molecule has 0 saturated carbocycles. The Bertz CT molecular complexity index is 468. The molecule has 0 spiro atoms. The smallest absolute Gasteiger partial charge is 0.316 e. The summed E-state index contributed by atoms with van der Waals surface area (Å²) in [7, 11) is 3.39. The quantitative estimate of drug-likeness (QED) is 0.836. The van der Waals surface area contributed by atoms with E-state index in [2.05, 4.69) is 32.6 Å². The molecule has 0 fully saturated rings. The van der Waals surface area contributed by atoms with Crippen LogP contribution in [0.2, 0.25) is 0 Å². The van der Waals surface area contributed by atoms with E-state index >= 15 is 0 Å². The fourth-order valence-corrected chi connectivity index (χ4v) is 1.77. The third-order valence-corrected chi connectivity index (χ3v) is 2.88. The number of halogens is 1. The molecule has 2 amide bonds. The van der Waals surface area contributed by atoms with Crippen LogP contribution in [0, 0.1) is 11.3 Å². The van der Waals surface area contributed by atoms with Gasteiger partial charge in [0.1, 0.15) is 0 Å². The molecule has 96 valence electrons. The van der Waals surface area contributed by atoms with Gasteiger partial charge in [-0.1, -0.05) is 0 Å². The predicted molar refractivity (Wildman–Crippen MR) is 74.4 cm³/mol. The van der Waals surface area contributed by atoms with E-state index in [0.29, 0.717) is 18.7 Å². The number of benzene rings is 1. The number of nitriles is 1. The number of amides is 2. The summed E-state index contributed by atoms with van der Waals surface area (Å²) in [6, 6.07) is 7.28. The second kappa shape index (κ2) is 6.87. The Hall–Kier alpha value is -1.74. The molecule has 6 heteroatoms. The molecule has 0 aliphatic carbocycles. The van der Waals surface area contributed by atoms with E-state index in [1.807, 2.05) is 6.07 Å². The number of carbonyl (C=O) groups excluding carboxylic acids is 1. The largest absolute Gasteiger partial charge is 0.382 e. The maximum Gasteiger partial charge on any atom is 0.316 e. The average molecular weight is 311 g/mol. The first-order chi connectivity index (χ1) is 8.54. The first-order valence-electron chi connectivity index (χ1n) is 5.43. The van der Waals surface area contributed by atoms with Crippen molar-refractivity contribution in [1.82, 2.24) is 10.2 Å². The Morgan fingerprint density at radius 3 is 2.72 bits per heavy atom. The Labute approximate surface area is 115 Å². The van der Waals surface area contributed by atoms with Gasteiger partial charge in [0, 0.05) is 37.3 Å². The lowest BCUT2D eigenvalue weighted by atomic mass is 10.2. The molecule has 0 aromatic heterocycles. The monoisotopic (exact) mass is 310 g/mol. The van der Waals surface area contributed by atoms with Gasteiger partial charge < -0.3 is 15.5 Å². The molecule has 1 rings (SSSR count). The van der Waals surface area contributed by atoms with Crippen molar-refractivity contribution >= 4 is 27.6 Å². The zero-order valence-electron chi connectivity index (χ0n) is 10.3. The number of rotatable bonds is 4. The first kappa shape index (κ1) is 14.3. The fourth-order valence-electron chi connectivity index (χ4n) is 1.25. The molecule has 0 radical (unpaired) electrons. The summed E-state index contributed by atoms with van der Waals surface area (Å²) >= 11 is 3.38. The van der Waals surface area contributed by atoms with Crippen LogP contribution in [-0.2, 0) is 0 Å². The molecule has 1 aromatic carbocycles. The zero-order chi connectivity index (χ0) is 13.5. The highest BCUT2D eigenvalue weighted by Gasteiger charge is 2.03. The topological polar surface area (TPSA) is 68.2 Å². The molecule has 0 saturated heterocycles. The van der Waals surface area contributed by atoms with Crippen LogP contribution in [0.4, 0.5) is 10.5 Å². The molecule has 0 heterocycles. The highest BCUT2D eigenvalue weighted by atomic mass is 79.9. The van der Waals surface area contributed by atoms with Crippen LogP contribution >= 0.6 is 15.9 Å². The molecule has 0 aliphatic rings. The SMILES string of the molecule is CN(C)C(=O)NCCNc1ccc(C#N)cc1Br. The number of urea groups is 1. The third-order valence-electron chi connectivity index (χ3n) is 2.22. The van der Waals surface area contributed by atoms with Crippen molar-refractivity contribution in [3.05, 3.63) is 28.2 Å². The van der Waals surface area contributed by atoms with E-state index in [0.717, 1.165) is 10.2 Å². The van der Waals surface area contributed by atoms with Gasteiger partial charge in [-0.3, -0.25) is 0 Å². The zero-order valence-corrected chi connectivity index (χ0v) is 11.9. The Kier molecular flexibility index (Phi) is 5.46. The average Bonchev–Trinajstić information content (AvgIpc) is 2.35. The van der Waals surface area contributed by atoms with Gasteiger partial charge >= 0.3 is 6.03 Å². The maximum absolute atomic E-state index is 11.2. The van der Waals surface area contributed by atoms with Crippen molar-refractivity contribution in [2.24, 2.45) is 0 Å². The number of hydrogen-bond acceptors (Lipinski definition) is 3. The van der Waals surface area contributed by atoms with E-state index in [4.69, 9.17) is 5.26 Å². The maximum atomic E-state index is 11.2. The standard InChI is InChI=1S/C12H15BrN4O/c1-17(2)12(18)16-6-5-15-11-4-3-9(8-14)7-10(11)13/h3-4,7,15H,5-6H2,1-2H3,(H,16,18). The minimum Gasteiger partial charge on any atom is -0.382 e. The molecular weight excluding hydrogens is 296 g/mol. The summed E-state index contributed by atoms with van der Waals surface area (Å²) in [5.74, 6) is 0. The fraction of sp³-hybridized carbons (Fsp3) is 0.333. The molecule has 0 atom stereocenters. The lowest BCUT2D eigenvalue weighted by Gasteiger charge is -2.13. The number of carbonyl (C=O) groups is 1. The van der Waals surface area contributed by atoms with E-state index < -0.39 is 0 Å². The van der Waals surface area contributed by atoms with Crippen molar-refractivity contribution < 1.29 is 4.79 Å². The lowest BCUT2D eigenvalue weighted by Crippen LogP contribution is -2.37. The van der Waals surface area contributed by atoms with E-state index in [1.165, 1.54) is 4.90 Å². The second-order valence-electron chi connectivity index (χ2n) is 3.86. The number of nitrogens with one attached hydrogen (secondary N) is 2. The number of nitrogens with zero attached hydrogens (tertiary/aromatic N) is 2. The molecule has 0 unspecified atom stereocenters. The molecule has 1 aromatic rings. The Morgan fingerprint density at radius 1 is 1.44 bits per heavy atom. The second-order valence-corrected chi connectivity index (χ2v) is 4.71. The highest BCUT2D eigenvalue weighted by molar-refractivity contribution is 9.10. The van der Waals surface area contributed by atoms with Crippen LogP contribution in [0.25, 0.3) is 0 Å². The summed E-state index contributed by atoms with van der Waals surface area (Å²) < 4.78 is 0.834. The van der Waals surface area contributed by atoms with E-state index in [9.17, 15) is 4.79 Å². The molecule has 18 heavy (non-hydrogen) atoms. The molecule has 0 aliphatic heterocycles. The summed E-state index contributed by atoms with van der Waals surface area (Å²) in [4.78, 5) is 12.7. The van der Waals surface area contributed by atoms with Crippen LogP contribution in [-0.4, -0.2) is 38.1 Å². The van der Waals surface area contributed by atoms with E-state index in [-0.39, 0.29) is 6.03 Å². The van der Waals surface area contributed by atoms with Gasteiger partial charge in [0.25, 0.3) is 0 Å². The van der Waals surface area contributed by atoms with Crippen molar-refractivity contribution in [2.45, 2.75) is 0 Å². The van der Waals surface area contributed by atoms with Gasteiger partial charge in [-0.05, 0) is 34.1 Å². The minimum absolute atomic E-state index is 0.115. The number of anilines is 1. The van der Waals surface area contributed by atoms with Gasteiger partial charge in [-0.2, -0.15) is 5.26 Å². The summed E-state index contributed by atoms with van der Waals surface area (Å²) in [6.45, 7) is 1.15. The number of hydrogen-bond donors (Lipinski definition) is 2. The first-order valence-corrected chi connectivity index (χ1v) is 6.22. The van der Waals surface area contributed by atoms with Gasteiger partial charge in [0.2, 0.25) is 0 Å². The predicted octanol–water partition coefficient (Wildman–Crippen LogP) is 2.00. The van der Waals surface area contributed by atoms with E-state index in [1.54, 1.807) is 26.2 Å². The summed E-state index contributed by atoms with van der Waals surface area (Å²) in [6.07, 6.45) is 0. The van der Waals surface area contributed by atoms with Crippen LogP contribution in [0.15, 0.2) is 22.7 Å². The van der Waals surface area contributed by atoms with Crippen LogP contribution < -0.4 is 10.6 Å². The lowest BCUT2D eigenvalue weighted by molar-refractivity contribution is 0.218. The molecular formula is C12H15BrN4O. The van der Waals surface area contributed by atoms with Gasteiger partial charge in [-0.25, -0.2) is 4.79 Å². The van der Waals surface area contributed by atoms with Crippen molar-refractivity contribution in [2.75, 3.05) is 32.5 Å². The van der Waals surface area contributed by atoms with Crippen molar-refractivity contribution in [3.8, 4) is 6.07 Å². The Balaban J connectivity index is 2.41. The molecule has 0 bridgehead atoms. The molecule has 2 N–H and O–H groups in total. The normalized spacial score (nSPS) is 9.44. The Morgan fingerprint density at radius 2 is 2.17 bits per heavy atom. The van der Waals surface area contributed by atoms with Crippen LogP contribution in [0.5, 0.6) is 0 Å². The third kappa shape index (κ3) is 4.26. The van der Waals surface area contributed by atoms with Gasteiger partial charge in [-0.15, -0.1) is 0 Å². The van der Waals surface area contributed by atoms with Crippen molar-refractivity contribution in [3.63, 3.8) is 0 Å². The van der Waals surface area contributed by atoms with Crippen molar-refractivity contribution in [1.29, 1.82) is 5.26 Å². The van der Waals surface area contributed by atoms with Crippen LogP contribution in [0.1, 0.15) is 5.56 Å². The highest BCUT2D eigenvalue weighted by Crippen LogP contribution is 2.22. The molecule has 5 nitrogen and oxygen atoms in total.